The molecule has 1 fully saturated rings. The normalized spacial score (nSPS) is 22.2. The van der Waals surface area contributed by atoms with E-state index >= 15 is 0 Å². The number of carbonyl (C=O) groups is 1. The van der Waals surface area contributed by atoms with Gasteiger partial charge < -0.3 is 10.2 Å². The Balaban J connectivity index is 2.14. The molecule has 1 aromatic carbocycles. The first-order chi connectivity index (χ1) is 8.47. The first-order valence-corrected chi connectivity index (χ1v) is 6.63. The lowest BCUT2D eigenvalue weighted by molar-refractivity contribution is 0.0827. The molecule has 0 unspecified atom stereocenters. The highest BCUT2D eigenvalue weighted by Gasteiger charge is 2.25. The van der Waals surface area contributed by atoms with Crippen LogP contribution in [-0.4, -0.2) is 30.9 Å². The number of nitrogens with one attached hydrogen (secondary N) is 1. The number of anilines is 1. The molecule has 1 aliphatic rings. The Labute approximate surface area is 113 Å². The van der Waals surface area contributed by atoms with Crippen LogP contribution in [0, 0.1) is 5.92 Å². The summed E-state index contributed by atoms with van der Waals surface area (Å²) >= 11 is 6.15. The Bertz CT molecular complexity index is 453. The molecular weight excluding hydrogens is 248 g/mol. The van der Waals surface area contributed by atoms with Crippen molar-refractivity contribution in [2.24, 2.45) is 5.92 Å². The fourth-order valence-electron chi connectivity index (χ4n) is 2.27. The van der Waals surface area contributed by atoms with Gasteiger partial charge in [-0.05, 0) is 37.0 Å². The monoisotopic (exact) mass is 266 g/mol. The van der Waals surface area contributed by atoms with Crippen LogP contribution in [0.15, 0.2) is 18.2 Å². The van der Waals surface area contributed by atoms with E-state index in [1.54, 1.807) is 31.1 Å². The van der Waals surface area contributed by atoms with Crippen molar-refractivity contribution in [2.45, 2.75) is 25.8 Å². The summed E-state index contributed by atoms with van der Waals surface area (Å²) in [6.45, 7) is 2.24. The highest BCUT2D eigenvalue weighted by atomic mass is 35.5. The summed E-state index contributed by atoms with van der Waals surface area (Å²) in [6, 6.07) is 5.87. The minimum absolute atomic E-state index is 0.00306. The molecular formula is C14H19ClN2O. The van der Waals surface area contributed by atoms with Crippen molar-refractivity contribution < 1.29 is 4.79 Å². The average molecular weight is 267 g/mol. The van der Waals surface area contributed by atoms with Gasteiger partial charge in [-0.3, -0.25) is 4.79 Å². The van der Waals surface area contributed by atoms with Crippen molar-refractivity contribution in [3.8, 4) is 0 Å². The summed E-state index contributed by atoms with van der Waals surface area (Å²) < 4.78 is 0. The molecule has 3 nitrogen and oxygen atoms in total. The molecule has 1 aromatic rings. The number of rotatable bonds is 3. The lowest BCUT2D eigenvalue weighted by Crippen LogP contribution is -2.34. The Morgan fingerprint density at radius 1 is 1.39 bits per heavy atom. The van der Waals surface area contributed by atoms with Crippen molar-refractivity contribution in [2.75, 3.05) is 19.4 Å². The van der Waals surface area contributed by atoms with Gasteiger partial charge in [-0.2, -0.15) is 0 Å². The van der Waals surface area contributed by atoms with E-state index in [1.807, 2.05) is 6.07 Å². The standard InChI is InChI=1S/C14H19ClN2O/c1-9-6-11(7-9)16-13-8-10(4-5-12(13)15)14(18)17(2)3/h4-5,8-9,11,16H,6-7H2,1-3H3. The molecule has 98 valence electrons. The van der Waals surface area contributed by atoms with Crippen LogP contribution in [0.2, 0.25) is 5.02 Å². The molecule has 0 bridgehead atoms. The number of nitrogens with zero attached hydrogens (tertiary/aromatic N) is 1. The summed E-state index contributed by atoms with van der Waals surface area (Å²) in [5.74, 6) is 0.782. The maximum atomic E-state index is 11.9. The van der Waals surface area contributed by atoms with Crippen LogP contribution in [0.5, 0.6) is 0 Å². The molecule has 0 aromatic heterocycles. The van der Waals surface area contributed by atoms with E-state index in [0.717, 1.165) is 11.6 Å². The minimum Gasteiger partial charge on any atom is -0.381 e. The molecule has 0 saturated heterocycles. The Hall–Kier alpha value is -1.22. The smallest absolute Gasteiger partial charge is 0.253 e. The fraction of sp³-hybridized carbons (Fsp3) is 0.500. The van der Waals surface area contributed by atoms with Gasteiger partial charge in [-0.25, -0.2) is 0 Å². The number of carbonyl (C=O) groups excluding carboxylic acids is 1. The van der Waals surface area contributed by atoms with Crippen LogP contribution in [0.4, 0.5) is 5.69 Å². The molecule has 1 N–H and O–H groups in total. The quantitative estimate of drug-likeness (QED) is 0.911. The van der Waals surface area contributed by atoms with Gasteiger partial charge in [0.25, 0.3) is 5.91 Å². The summed E-state index contributed by atoms with van der Waals surface area (Å²) in [5.41, 5.74) is 1.53. The van der Waals surface area contributed by atoms with Gasteiger partial charge in [-0.1, -0.05) is 18.5 Å². The van der Waals surface area contributed by atoms with Crippen LogP contribution < -0.4 is 5.32 Å². The van der Waals surface area contributed by atoms with Gasteiger partial charge in [0.2, 0.25) is 0 Å². The van der Waals surface area contributed by atoms with Gasteiger partial charge in [0, 0.05) is 25.7 Å². The van der Waals surface area contributed by atoms with Gasteiger partial charge in [0.1, 0.15) is 0 Å². The molecule has 18 heavy (non-hydrogen) atoms. The predicted molar refractivity (Wildman–Crippen MR) is 75.3 cm³/mol. The zero-order valence-corrected chi connectivity index (χ0v) is 11.8. The largest absolute Gasteiger partial charge is 0.381 e. The first kappa shape index (κ1) is 13.2. The molecule has 0 aliphatic heterocycles. The summed E-state index contributed by atoms with van der Waals surface area (Å²) in [7, 11) is 3.50. The maximum absolute atomic E-state index is 11.9. The Morgan fingerprint density at radius 3 is 2.61 bits per heavy atom. The molecule has 1 aliphatic carbocycles. The van der Waals surface area contributed by atoms with Crippen LogP contribution in [0.3, 0.4) is 0 Å². The second-order valence-corrected chi connectivity index (χ2v) is 5.72. The number of amides is 1. The topological polar surface area (TPSA) is 32.3 Å². The van der Waals surface area contributed by atoms with Gasteiger partial charge in [0.05, 0.1) is 10.7 Å². The average Bonchev–Trinajstić information content (AvgIpc) is 2.28. The van der Waals surface area contributed by atoms with Crippen molar-refractivity contribution in [3.05, 3.63) is 28.8 Å². The molecule has 1 saturated carbocycles. The molecule has 0 heterocycles. The lowest BCUT2D eigenvalue weighted by atomic mass is 9.82. The Kier molecular flexibility index (Phi) is 3.81. The summed E-state index contributed by atoms with van der Waals surface area (Å²) in [4.78, 5) is 13.5. The van der Waals surface area contributed by atoms with Crippen molar-refractivity contribution >= 4 is 23.2 Å². The lowest BCUT2D eigenvalue weighted by Gasteiger charge is -2.34. The zero-order valence-electron chi connectivity index (χ0n) is 11.0. The van der Waals surface area contributed by atoms with E-state index in [-0.39, 0.29) is 5.91 Å². The molecule has 0 radical (unpaired) electrons. The highest BCUT2D eigenvalue weighted by molar-refractivity contribution is 6.33. The van der Waals surface area contributed by atoms with E-state index < -0.39 is 0 Å². The Morgan fingerprint density at radius 2 is 2.06 bits per heavy atom. The maximum Gasteiger partial charge on any atom is 0.253 e. The van der Waals surface area contributed by atoms with E-state index in [4.69, 9.17) is 11.6 Å². The van der Waals surface area contributed by atoms with Gasteiger partial charge in [0.15, 0.2) is 0 Å². The molecule has 2 rings (SSSR count). The van der Waals surface area contributed by atoms with Crippen molar-refractivity contribution in [1.29, 1.82) is 0 Å². The van der Waals surface area contributed by atoms with Crippen molar-refractivity contribution in [3.63, 3.8) is 0 Å². The second-order valence-electron chi connectivity index (χ2n) is 5.31. The molecule has 0 spiro atoms. The number of halogens is 1. The van der Waals surface area contributed by atoms with E-state index in [9.17, 15) is 4.79 Å². The number of benzene rings is 1. The first-order valence-electron chi connectivity index (χ1n) is 6.25. The van der Waals surface area contributed by atoms with Gasteiger partial charge >= 0.3 is 0 Å². The zero-order chi connectivity index (χ0) is 13.3. The third-order valence-corrected chi connectivity index (χ3v) is 3.68. The predicted octanol–water partition coefficient (Wildman–Crippen LogP) is 3.25. The van der Waals surface area contributed by atoms with Crippen LogP contribution in [0.25, 0.3) is 0 Å². The molecule has 4 heteroatoms. The van der Waals surface area contributed by atoms with Gasteiger partial charge in [-0.15, -0.1) is 0 Å². The van der Waals surface area contributed by atoms with E-state index in [0.29, 0.717) is 16.6 Å². The van der Waals surface area contributed by atoms with E-state index in [2.05, 4.69) is 12.2 Å². The third kappa shape index (κ3) is 2.78. The van der Waals surface area contributed by atoms with Crippen LogP contribution >= 0.6 is 11.6 Å². The number of hydrogen-bond acceptors (Lipinski definition) is 2. The minimum atomic E-state index is -0.00306. The number of hydrogen-bond donors (Lipinski definition) is 1. The third-order valence-electron chi connectivity index (χ3n) is 3.35. The highest BCUT2D eigenvalue weighted by Crippen LogP contribution is 2.32. The van der Waals surface area contributed by atoms with Crippen LogP contribution in [-0.2, 0) is 0 Å². The van der Waals surface area contributed by atoms with Crippen LogP contribution in [0.1, 0.15) is 30.1 Å². The SMILES string of the molecule is CC1CC(Nc2cc(C(=O)N(C)C)ccc2Cl)C1. The second kappa shape index (κ2) is 5.19. The van der Waals surface area contributed by atoms with Crippen molar-refractivity contribution in [1.82, 2.24) is 4.90 Å². The fourth-order valence-corrected chi connectivity index (χ4v) is 2.44. The summed E-state index contributed by atoms with van der Waals surface area (Å²) in [6.07, 6.45) is 2.34. The molecule has 1 amide bonds. The summed E-state index contributed by atoms with van der Waals surface area (Å²) in [5, 5.41) is 4.08. The van der Waals surface area contributed by atoms with E-state index in [1.165, 1.54) is 12.8 Å². The molecule has 0 atom stereocenters.